The van der Waals surface area contributed by atoms with E-state index in [9.17, 15) is 0 Å². The van der Waals surface area contributed by atoms with Crippen molar-refractivity contribution in [1.29, 1.82) is 0 Å². The zero-order chi connectivity index (χ0) is 13.3. The maximum Gasteiger partial charge on any atom is 0.108 e. The zero-order valence-electron chi connectivity index (χ0n) is 11.5. The fourth-order valence-electron chi connectivity index (χ4n) is 2.29. The molecule has 98 valence electrons. The summed E-state index contributed by atoms with van der Waals surface area (Å²) >= 11 is 0. The molecule has 1 unspecified atom stereocenters. The number of aromatic nitrogens is 4. The third kappa shape index (κ3) is 2.31. The molecule has 5 nitrogen and oxygen atoms in total. The van der Waals surface area contributed by atoms with Crippen LogP contribution in [0, 0.1) is 13.8 Å². The molecule has 1 atom stereocenters. The summed E-state index contributed by atoms with van der Waals surface area (Å²) in [6.45, 7) is 9.07. The van der Waals surface area contributed by atoms with Crippen LogP contribution in [-0.2, 0) is 13.0 Å². The molecule has 0 amide bonds. The molecule has 2 heterocycles. The van der Waals surface area contributed by atoms with Crippen molar-refractivity contribution in [3.05, 3.63) is 23.4 Å². The minimum absolute atomic E-state index is 0.115. The highest BCUT2D eigenvalue weighted by Crippen LogP contribution is 2.25. The van der Waals surface area contributed by atoms with Crippen LogP contribution in [-0.4, -0.2) is 25.8 Å². The Morgan fingerprint density at radius 1 is 1.44 bits per heavy atom. The molecular formula is C13H21N5. The summed E-state index contributed by atoms with van der Waals surface area (Å²) in [6, 6.07) is 0.115. The SMILES string of the molecule is CCn1nc(C)c(-c2cnc(CC(C)N)[nH]2)c1C. The first-order valence-corrected chi connectivity index (χ1v) is 6.36. The van der Waals surface area contributed by atoms with Gasteiger partial charge in [0.25, 0.3) is 0 Å². The Balaban J connectivity index is 2.37. The molecule has 0 saturated heterocycles. The molecule has 0 aliphatic carbocycles. The minimum atomic E-state index is 0.115. The van der Waals surface area contributed by atoms with E-state index in [1.165, 1.54) is 5.69 Å². The number of imidazole rings is 1. The summed E-state index contributed by atoms with van der Waals surface area (Å²) in [6.07, 6.45) is 2.63. The Kier molecular flexibility index (Phi) is 3.52. The number of H-pyrrole nitrogens is 1. The first kappa shape index (κ1) is 12.8. The van der Waals surface area contributed by atoms with E-state index in [4.69, 9.17) is 5.73 Å². The van der Waals surface area contributed by atoms with Gasteiger partial charge in [-0.1, -0.05) is 0 Å². The van der Waals surface area contributed by atoms with E-state index in [2.05, 4.69) is 28.9 Å². The number of hydrogen-bond donors (Lipinski definition) is 2. The molecule has 2 aromatic heterocycles. The molecule has 0 saturated carbocycles. The van der Waals surface area contributed by atoms with Gasteiger partial charge in [0.2, 0.25) is 0 Å². The Bertz CT molecular complexity index is 536. The molecule has 0 aliphatic rings. The summed E-state index contributed by atoms with van der Waals surface area (Å²) < 4.78 is 2.01. The van der Waals surface area contributed by atoms with Crippen molar-refractivity contribution in [2.75, 3.05) is 0 Å². The first-order chi connectivity index (χ1) is 8.52. The highest BCUT2D eigenvalue weighted by Gasteiger charge is 2.15. The maximum atomic E-state index is 5.78. The van der Waals surface area contributed by atoms with Crippen molar-refractivity contribution in [3.63, 3.8) is 0 Å². The highest BCUT2D eigenvalue weighted by molar-refractivity contribution is 5.64. The Morgan fingerprint density at radius 2 is 2.17 bits per heavy atom. The minimum Gasteiger partial charge on any atom is -0.342 e. The smallest absolute Gasteiger partial charge is 0.108 e. The van der Waals surface area contributed by atoms with Gasteiger partial charge >= 0.3 is 0 Å². The van der Waals surface area contributed by atoms with E-state index in [1.807, 2.05) is 24.7 Å². The summed E-state index contributed by atoms with van der Waals surface area (Å²) in [5.41, 5.74) is 10.2. The average molecular weight is 247 g/mol. The number of nitrogens with one attached hydrogen (secondary N) is 1. The van der Waals surface area contributed by atoms with Crippen LogP contribution in [0.15, 0.2) is 6.20 Å². The predicted octanol–water partition coefficient (Wildman–Crippen LogP) is 1.80. The summed E-state index contributed by atoms with van der Waals surface area (Å²) in [7, 11) is 0. The monoisotopic (exact) mass is 247 g/mol. The zero-order valence-corrected chi connectivity index (χ0v) is 11.5. The van der Waals surface area contributed by atoms with Crippen LogP contribution in [0.5, 0.6) is 0 Å². The van der Waals surface area contributed by atoms with Crippen molar-refractivity contribution in [1.82, 2.24) is 19.7 Å². The summed E-state index contributed by atoms with van der Waals surface area (Å²) in [4.78, 5) is 7.71. The fourth-order valence-corrected chi connectivity index (χ4v) is 2.29. The second-order valence-corrected chi connectivity index (χ2v) is 4.79. The van der Waals surface area contributed by atoms with Gasteiger partial charge in [-0.2, -0.15) is 5.10 Å². The van der Waals surface area contributed by atoms with E-state index in [1.54, 1.807) is 0 Å². The molecule has 0 radical (unpaired) electrons. The van der Waals surface area contributed by atoms with Crippen LogP contribution in [0.1, 0.15) is 31.1 Å². The van der Waals surface area contributed by atoms with Gasteiger partial charge in [-0.05, 0) is 27.7 Å². The van der Waals surface area contributed by atoms with Gasteiger partial charge < -0.3 is 10.7 Å². The topological polar surface area (TPSA) is 72.5 Å². The van der Waals surface area contributed by atoms with Crippen molar-refractivity contribution < 1.29 is 0 Å². The van der Waals surface area contributed by atoms with Gasteiger partial charge in [0, 0.05) is 30.3 Å². The van der Waals surface area contributed by atoms with Crippen LogP contribution in [0.25, 0.3) is 11.3 Å². The predicted molar refractivity (Wildman–Crippen MR) is 72.3 cm³/mol. The van der Waals surface area contributed by atoms with Gasteiger partial charge in [-0.15, -0.1) is 0 Å². The summed E-state index contributed by atoms with van der Waals surface area (Å²) in [5, 5.41) is 4.52. The highest BCUT2D eigenvalue weighted by atomic mass is 15.3. The number of aromatic amines is 1. The second-order valence-electron chi connectivity index (χ2n) is 4.79. The van der Waals surface area contributed by atoms with Gasteiger partial charge in [0.1, 0.15) is 5.82 Å². The summed E-state index contributed by atoms with van der Waals surface area (Å²) in [5.74, 6) is 0.933. The number of nitrogens with two attached hydrogens (primary N) is 1. The van der Waals surface area contributed by atoms with Gasteiger partial charge in [-0.25, -0.2) is 4.98 Å². The Hall–Kier alpha value is -1.62. The second kappa shape index (κ2) is 4.94. The van der Waals surface area contributed by atoms with Crippen molar-refractivity contribution in [3.8, 4) is 11.3 Å². The van der Waals surface area contributed by atoms with E-state index in [0.29, 0.717) is 0 Å². The molecule has 0 aromatic carbocycles. The van der Waals surface area contributed by atoms with E-state index in [-0.39, 0.29) is 6.04 Å². The lowest BCUT2D eigenvalue weighted by Crippen LogP contribution is -2.18. The number of rotatable bonds is 4. The van der Waals surface area contributed by atoms with E-state index >= 15 is 0 Å². The molecule has 18 heavy (non-hydrogen) atoms. The largest absolute Gasteiger partial charge is 0.342 e. The molecule has 2 aromatic rings. The fraction of sp³-hybridized carbons (Fsp3) is 0.538. The van der Waals surface area contributed by atoms with Crippen LogP contribution in [0.3, 0.4) is 0 Å². The van der Waals surface area contributed by atoms with E-state index in [0.717, 1.165) is 35.7 Å². The van der Waals surface area contributed by atoms with E-state index < -0.39 is 0 Å². The third-order valence-corrected chi connectivity index (χ3v) is 3.09. The van der Waals surface area contributed by atoms with Crippen LogP contribution in [0.4, 0.5) is 0 Å². The molecule has 5 heteroatoms. The van der Waals surface area contributed by atoms with Crippen molar-refractivity contribution in [2.45, 2.75) is 46.7 Å². The quantitative estimate of drug-likeness (QED) is 0.865. The maximum absolute atomic E-state index is 5.78. The Morgan fingerprint density at radius 3 is 2.72 bits per heavy atom. The van der Waals surface area contributed by atoms with Crippen LogP contribution < -0.4 is 5.73 Å². The molecule has 2 rings (SSSR count). The standard InChI is InChI=1S/C13H21N5/c1-5-18-10(4)13(9(3)17-18)11-7-15-12(16-11)6-8(2)14/h7-8H,5-6,14H2,1-4H3,(H,15,16). The normalized spacial score (nSPS) is 12.9. The molecule has 0 bridgehead atoms. The molecule has 0 aliphatic heterocycles. The lowest BCUT2D eigenvalue weighted by atomic mass is 10.1. The third-order valence-electron chi connectivity index (χ3n) is 3.09. The Labute approximate surface area is 107 Å². The number of aryl methyl sites for hydroxylation is 2. The van der Waals surface area contributed by atoms with Crippen molar-refractivity contribution in [2.24, 2.45) is 5.73 Å². The molecule has 0 spiro atoms. The first-order valence-electron chi connectivity index (χ1n) is 6.36. The lowest BCUT2D eigenvalue weighted by Gasteiger charge is -2.02. The van der Waals surface area contributed by atoms with Gasteiger partial charge in [-0.3, -0.25) is 4.68 Å². The van der Waals surface area contributed by atoms with Crippen LogP contribution >= 0.6 is 0 Å². The van der Waals surface area contributed by atoms with Crippen LogP contribution in [0.2, 0.25) is 0 Å². The van der Waals surface area contributed by atoms with Gasteiger partial charge in [0.05, 0.1) is 17.6 Å². The van der Waals surface area contributed by atoms with Crippen molar-refractivity contribution >= 4 is 0 Å². The average Bonchev–Trinajstić information content (AvgIpc) is 2.83. The van der Waals surface area contributed by atoms with Gasteiger partial charge in [0.15, 0.2) is 0 Å². The molecular weight excluding hydrogens is 226 g/mol. The number of hydrogen-bond acceptors (Lipinski definition) is 3. The molecule has 0 fully saturated rings. The number of nitrogens with zero attached hydrogens (tertiary/aromatic N) is 3. The molecule has 3 N–H and O–H groups in total. The lowest BCUT2D eigenvalue weighted by molar-refractivity contribution is 0.634.